The highest BCUT2D eigenvalue weighted by atomic mass is 35.5. The van der Waals surface area contributed by atoms with Crippen molar-refractivity contribution in [3.8, 4) is 0 Å². The van der Waals surface area contributed by atoms with Crippen LogP contribution in [0.15, 0.2) is 17.5 Å². The van der Waals surface area contributed by atoms with Gasteiger partial charge in [-0.05, 0) is 31.0 Å². The lowest BCUT2D eigenvalue weighted by Crippen LogP contribution is -2.27. The van der Waals surface area contributed by atoms with E-state index in [0.717, 1.165) is 13.1 Å². The van der Waals surface area contributed by atoms with Crippen LogP contribution in [-0.2, 0) is 0 Å². The highest BCUT2D eigenvalue weighted by Crippen LogP contribution is 2.25. The number of alkyl halides is 1. The molecule has 1 nitrogen and oxygen atoms in total. The van der Waals surface area contributed by atoms with Crippen molar-refractivity contribution >= 4 is 22.9 Å². The van der Waals surface area contributed by atoms with Gasteiger partial charge in [0.25, 0.3) is 0 Å². The summed E-state index contributed by atoms with van der Waals surface area (Å²) < 4.78 is 0. The number of thiophene rings is 1. The number of likely N-dealkylation sites (N-methyl/N-ethyl adjacent to an activating group) is 1. The molecule has 0 aliphatic rings. The Kier molecular flexibility index (Phi) is 6.30. The van der Waals surface area contributed by atoms with Gasteiger partial charge in [0.15, 0.2) is 0 Å². The molecule has 0 aromatic carbocycles. The van der Waals surface area contributed by atoms with Crippen molar-refractivity contribution in [2.45, 2.75) is 32.1 Å². The summed E-state index contributed by atoms with van der Waals surface area (Å²) in [7, 11) is 0. The summed E-state index contributed by atoms with van der Waals surface area (Å²) >= 11 is 8.12. The Hall–Kier alpha value is -0.0500. The topological polar surface area (TPSA) is 3.24 Å². The summed E-state index contributed by atoms with van der Waals surface area (Å²) in [6.45, 7) is 7.66. The molecule has 0 saturated carbocycles. The van der Waals surface area contributed by atoms with Crippen LogP contribution in [0, 0.1) is 0 Å². The third-order valence-electron chi connectivity index (χ3n) is 2.55. The monoisotopic (exact) mass is 245 g/mol. The molecule has 0 spiro atoms. The molecule has 1 atom stereocenters. The normalized spacial score (nSPS) is 13.3. The van der Waals surface area contributed by atoms with Crippen LogP contribution in [0.4, 0.5) is 0 Å². The van der Waals surface area contributed by atoms with E-state index >= 15 is 0 Å². The molecule has 0 N–H and O–H groups in total. The fourth-order valence-corrected chi connectivity index (χ4v) is 2.66. The van der Waals surface area contributed by atoms with Crippen LogP contribution in [0.5, 0.6) is 0 Å². The molecule has 0 aliphatic carbocycles. The number of rotatable bonds is 7. The third kappa shape index (κ3) is 4.54. The van der Waals surface area contributed by atoms with E-state index < -0.39 is 0 Å². The van der Waals surface area contributed by atoms with Crippen molar-refractivity contribution in [2.24, 2.45) is 0 Å². The lowest BCUT2D eigenvalue weighted by atomic mass is 10.2. The van der Waals surface area contributed by atoms with Gasteiger partial charge in [-0.1, -0.05) is 26.3 Å². The molecular weight excluding hydrogens is 226 g/mol. The second kappa shape index (κ2) is 7.26. The number of hydrogen-bond acceptors (Lipinski definition) is 2. The molecule has 1 aromatic heterocycles. The van der Waals surface area contributed by atoms with Crippen LogP contribution >= 0.6 is 22.9 Å². The molecule has 3 heteroatoms. The molecule has 0 radical (unpaired) electrons. The van der Waals surface area contributed by atoms with Crippen LogP contribution in [0.25, 0.3) is 0 Å². The van der Waals surface area contributed by atoms with Crippen LogP contribution in [0.3, 0.4) is 0 Å². The van der Waals surface area contributed by atoms with Gasteiger partial charge in [-0.3, -0.25) is 0 Å². The van der Waals surface area contributed by atoms with E-state index in [0.29, 0.717) is 0 Å². The average Bonchev–Trinajstić information content (AvgIpc) is 2.77. The van der Waals surface area contributed by atoms with Crippen molar-refractivity contribution < 1.29 is 0 Å². The SMILES string of the molecule is CCCCN(CC)CC(Cl)c1cccs1. The molecule has 0 aliphatic heterocycles. The molecule has 1 rings (SSSR count). The number of nitrogens with zero attached hydrogens (tertiary/aromatic N) is 1. The summed E-state index contributed by atoms with van der Waals surface area (Å²) in [5.74, 6) is 0. The summed E-state index contributed by atoms with van der Waals surface area (Å²) in [5, 5.41) is 2.24. The lowest BCUT2D eigenvalue weighted by Gasteiger charge is -2.22. The molecule has 1 aromatic rings. The van der Waals surface area contributed by atoms with Gasteiger partial charge < -0.3 is 4.90 Å². The Morgan fingerprint density at radius 1 is 1.47 bits per heavy atom. The molecule has 0 fully saturated rings. The van der Waals surface area contributed by atoms with Crippen LogP contribution in [-0.4, -0.2) is 24.5 Å². The molecule has 86 valence electrons. The third-order valence-corrected chi connectivity index (χ3v) is 4.03. The fraction of sp³-hybridized carbons (Fsp3) is 0.667. The van der Waals surface area contributed by atoms with Crippen molar-refractivity contribution in [2.75, 3.05) is 19.6 Å². The maximum absolute atomic E-state index is 6.37. The van der Waals surface area contributed by atoms with Gasteiger partial charge in [-0.15, -0.1) is 22.9 Å². The predicted molar refractivity (Wildman–Crippen MR) is 69.9 cm³/mol. The quantitative estimate of drug-likeness (QED) is 0.653. The zero-order valence-corrected chi connectivity index (χ0v) is 11.2. The minimum absolute atomic E-state index is 0.154. The largest absolute Gasteiger partial charge is 0.302 e. The summed E-state index contributed by atoms with van der Waals surface area (Å²) in [5.41, 5.74) is 0. The molecule has 15 heavy (non-hydrogen) atoms. The molecule has 0 bridgehead atoms. The molecule has 0 saturated heterocycles. The zero-order valence-electron chi connectivity index (χ0n) is 9.58. The van der Waals surface area contributed by atoms with E-state index in [2.05, 4.69) is 36.3 Å². The Morgan fingerprint density at radius 3 is 2.80 bits per heavy atom. The van der Waals surface area contributed by atoms with E-state index in [1.807, 2.05) is 0 Å². The first kappa shape index (κ1) is 13.0. The molecule has 1 heterocycles. The van der Waals surface area contributed by atoms with Gasteiger partial charge in [0, 0.05) is 11.4 Å². The zero-order chi connectivity index (χ0) is 11.1. The second-order valence-corrected chi connectivity index (χ2v) is 5.24. The smallest absolute Gasteiger partial charge is 0.0805 e. The lowest BCUT2D eigenvalue weighted by molar-refractivity contribution is 0.284. The van der Waals surface area contributed by atoms with Crippen LogP contribution in [0.1, 0.15) is 36.9 Å². The van der Waals surface area contributed by atoms with E-state index in [1.54, 1.807) is 11.3 Å². The Labute approximate surface area is 102 Å². The van der Waals surface area contributed by atoms with E-state index in [-0.39, 0.29) is 5.38 Å². The Morgan fingerprint density at radius 2 is 2.27 bits per heavy atom. The molecular formula is C12H20ClNS. The van der Waals surface area contributed by atoms with Crippen LogP contribution < -0.4 is 0 Å². The molecule has 0 amide bonds. The minimum Gasteiger partial charge on any atom is -0.302 e. The van der Waals surface area contributed by atoms with Gasteiger partial charge in [0.2, 0.25) is 0 Å². The van der Waals surface area contributed by atoms with Gasteiger partial charge in [0.05, 0.1) is 5.38 Å². The highest BCUT2D eigenvalue weighted by molar-refractivity contribution is 7.10. The number of hydrogen-bond donors (Lipinski definition) is 0. The average molecular weight is 246 g/mol. The van der Waals surface area contributed by atoms with Gasteiger partial charge in [-0.25, -0.2) is 0 Å². The summed E-state index contributed by atoms with van der Waals surface area (Å²) in [6, 6.07) is 4.19. The van der Waals surface area contributed by atoms with Crippen molar-refractivity contribution in [1.29, 1.82) is 0 Å². The van der Waals surface area contributed by atoms with Crippen molar-refractivity contribution in [3.63, 3.8) is 0 Å². The number of halogens is 1. The first-order chi connectivity index (χ1) is 7.27. The predicted octanol–water partition coefficient (Wildman–Crippen LogP) is 4.15. The van der Waals surface area contributed by atoms with Gasteiger partial charge in [0.1, 0.15) is 0 Å². The van der Waals surface area contributed by atoms with E-state index in [9.17, 15) is 0 Å². The summed E-state index contributed by atoms with van der Waals surface area (Å²) in [6.07, 6.45) is 2.52. The minimum atomic E-state index is 0.154. The standard InChI is InChI=1S/C12H20ClNS/c1-3-5-8-14(4-2)10-11(13)12-7-6-9-15-12/h6-7,9,11H,3-5,8,10H2,1-2H3. The second-order valence-electron chi connectivity index (χ2n) is 3.73. The summed E-state index contributed by atoms with van der Waals surface area (Å²) in [4.78, 5) is 3.72. The van der Waals surface area contributed by atoms with Gasteiger partial charge >= 0.3 is 0 Å². The highest BCUT2D eigenvalue weighted by Gasteiger charge is 2.12. The first-order valence-corrected chi connectivity index (χ1v) is 6.99. The maximum atomic E-state index is 6.37. The Bertz CT molecular complexity index is 248. The first-order valence-electron chi connectivity index (χ1n) is 5.67. The van der Waals surface area contributed by atoms with Crippen molar-refractivity contribution in [3.05, 3.63) is 22.4 Å². The van der Waals surface area contributed by atoms with Crippen LogP contribution in [0.2, 0.25) is 0 Å². The van der Waals surface area contributed by atoms with Gasteiger partial charge in [-0.2, -0.15) is 0 Å². The number of unbranched alkanes of at least 4 members (excludes halogenated alkanes) is 1. The van der Waals surface area contributed by atoms with E-state index in [4.69, 9.17) is 11.6 Å². The molecule has 1 unspecified atom stereocenters. The fourth-order valence-electron chi connectivity index (χ4n) is 1.55. The van der Waals surface area contributed by atoms with E-state index in [1.165, 1.54) is 24.3 Å². The Balaban J connectivity index is 2.37. The van der Waals surface area contributed by atoms with Crippen molar-refractivity contribution in [1.82, 2.24) is 4.90 Å². The maximum Gasteiger partial charge on any atom is 0.0805 e.